The van der Waals surface area contributed by atoms with Crippen molar-refractivity contribution in [2.45, 2.75) is 45.8 Å². The molecule has 0 aromatic rings. The second-order valence-corrected chi connectivity index (χ2v) is 2.83. The molecule has 0 aliphatic carbocycles. The van der Waals surface area contributed by atoms with Crippen LogP contribution in [0, 0.1) is 0 Å². The molecule has 0 aromatic heterocycles. The summed E-state index contributed by atoms with van der Waals surface area (Å²) < 4.78 is 9.76. The van der Waals surface area contributed by atoms with E-state index in [2.05, 4.69) is 11.7 Å². The monoisotopic (exact) mass is 190 g/mol. The molecule has 0 spiro atoms. The molecule has 13 heavy (non-hydrogen) atoms. The molecule has 4 nitrogen and oxygen atoms in total. The van der Waals surface area contributed by atoms with Crippen LogP contribution in [0.15, 0.2) is 0 Å². The number of ether oxygens (including phenoxy) is 2. The first-order valence-electron chi connectivity index (χ1n) is 4.71. The third-order valence-corrected chi connectivity index (χ3v) is 1.56. The summed E-state index contributed by atoms with van der Waals surface area (Å²) in [6.07, 6.45) is 1.58. The van der Waals surface area contributed by atoms with Crippen LogP contribution in [-0.2, 0) is 9.47 Å². The van der Waals surface area contributed by atoms with Crippen molar-refractivity contribution in [2.24, 2.45) is 0 Å². The Morgan fingerprint density at radius 1 is 1.38 bits per heavy atom. The van der Waals surface area contributed by atoms with Crippen molar-refractivity contribution in [3.63, 3.8) is 0 Å². The molecule has 78 valence electrons. The van der Waals surface area contributed by atoms with Crippen molar-refractivity contribution in [3.05, 3.63) is 0 Å². The van der Waals surface area contributed by atoms with E-state index in [1.54, 1.807) is 0 Å². The highest BCUT2D eigenvalue weighted by molar-refractivity contribution is 5.56. The third kappa shape index (κ3) is 7.59. The molecule has 0 aromatic carbocycles. The molecule has 0 radical (unpaired) electrons. The van der Waals surface area contributed by atoms with Gasteiger partial charge in [-0.2, -0.15) is 0 Å². The molecule has 0 amide bonds. The van der Waals surface area contributed by atoms with Crippen molar-refractivity contribution in [1.29, 1.82) is 0 Å². The maximum atomic E-state index is 10.2. The van der Waals surface area contributed by atoms with Gasteiger partial charge in [0, 0.05) is 6.42 Å². The van der Waals surface area contributed by atoms with Gasteiger partial charge >= 0.3 is 6.16 Å². The van der Waals surface area contributed by atoms with Crippen LogP contribution >= 0.6 is 0 Å². The van der Waals surface area contributed by atoms with Gasteiger partial charge in [-0.1, -0.05) is 26.7 Å². The first-order valence-corrected chi connectivity index (χ1v) is 4.71. The van der Waals surface area contributed by atoms with E-state index in [0.29, 0.717) is 13.0 Å². The smallest absolute Gasteiger partial charge is 0.450 e. The minimum absolute atomic E-state index is 0.564. The third-order valence-electron chi connectivity index (χ3n) is 1.56. The van der Waals surface area contributed by atoms with Gasteiger partial charge in [-0.3, -0.25) is 0 Å². The number of hydrogen-bond acceptors (Lipinski definition) is 3. The summed E-state index contributed by atoms with van der Waals surface area (Å²) in [5.74, 6) is 0. The summed E-state index contributed by atoms with van der Waals surface area (Å²) in [6, 6.07) is 0. The number of hydrogen-bond donors (Lipinski definition) is 1. The molecule has 1 unspecified atom stereocenters. The largest absolute Gasteiger partial charge is 0.508 e. The summed E-state index contributed by atoms with van der Waals surface area (Å²) in [4.78, 5) is 10.2. The van der Waals surface area contributed by atoms with Crippen LogP contribution in [-0.4, -0.2) is 24.2 Å². The Morgan fingerprint density at radius 3 is 2.54 bits per heavy atom. The second-order valence-electron chi connectivity index (χ2n) is 2.83. The first kappa shape index (κ1) is 12.2. The van der Waals surface area contributed by atoms with Gasteiger partial charge in [0.2, 0.25) is 6.29 Å². The highest BCUT2D eigenvalue weighted by Crippen LogP contribution is 2.05. The average Bonchev–Trinajstić information content (AvgIpc) is 2.04. The summed E-state index contributed by atoms with van der Waals surface area (Å²) >= 11 is 0. The van der Waals surface area contributed by atoms with E-state index in [1.165, 1.54) is 0 Å². The van der Waals surface area contributed by atoms with E-state index >= 15 is 0 Å². The lowest BCUT2D eigenvalue weighted by atomic mass is 10.3. The summed E-state index contributed by atoms with van der Waals surface area (Å²) in [6.45, 7) is 4.58. The predicted molar refractivity (Wildman–Crippen MR) is 48.7 cm³/mol. The summed E-state index contributed by atoms with van der Waals surface area (Å²) in [5.41, 5.74) is 0. The first-order chi connectivity index (χ1) is 6.20. The zero-order chi connectivity index (χ0) is 10.1. The molecular weight excluding hydrogens is 172 g/mol. The van der Waals surface area contributed by atoms with Crippen molar-refractivity contribution in [1.82, 2.24) is 0 Å². The number of carbonyl (C=O) groups is 1. The highest BCUT2D eigenvalue weighted by atomic mass is 16.8. The van der Waals surface area contributed by atoms with E-state index in [-0.39, 0.29) is 0 Å². The van der Waals surface area contributed by atoms with Crippen LogP contribution in [0.1, 0.15) is 39.5 Å². The molecule has 0 fully saturated rings. The minimum Gasteiger partial charge on any atom is -0.450 e. The molecule has 0 aliphatic rings. The highest BCUT2D eigenvalue weighted by Gasteiger charge is 2.11. The van der Waals surface area contributed by atoms with E-state index < -0.39 is 12.4 Å². The molecule has 0 aliphatic heterocycles. The minimum atomic E-state index is -1.27. The van der Waals surface area contributed by atoms with Crippen LogP contribution in [0.5, 0.6) is 0 Å². The Kier molecular flexibility index (Phi) is 7.39. The standard InChI is InChI=1S/C9H18O4/c1-3-5-7-12-8(6-4-2)13-9(10)11/h8H,3-7H2,1-2H3,(H,10,11). The van der Waals surface area contributed by atoms with E-state index in [4.69, 9.17) is 9.84 Å². The zero-order valence-electron chi connectivity index (χ0n) is 8.28. The Labute approximate surface area is 78.8 Å². The maximum Gasteiger partial charge on any atom is 0.508 e. The fraction of sp³-hybridized carbons (Fsp3) is 0.889. The van der Waals surface area contributed by atoms with Crippen LogP contribution in [0.4, 0.5) is 4.79 Å². The molecule has 0 bridgehead atoms. The fourth-order valence-electron chi connectivity index (χ4n) is 0.884. The normalized spacial score (nSPS) is 12.5. The Bertz CT molecular complexity index is 136. The lowest BCUT2D eigenvalue weighted by molar-refractivity contribution is -0.120. The van der Waals surface area contributed by atoms with E-state index in [0.717, 1.165) is 19.3 Å². The molecule has 0 heterocycles. The molecular formula is C9H18O4. The van der Waals surface area contributed by atoms with Gasteiger partial charge in [0.25, 0.3) is 0 Å². The predicted octanol–water partition coefficient (Wildman–Crippen LogP) is 2.62. The van der Waals surface area contributed by atoms with Crippen molar-refractivity contribution in [2.75, 3.05) is 6.61 Å². The van der Waals surface area contributed by atoms with Gasteiger partial charge in [0.15, 0.2) is 0 Å². The lowest BCUT2D eigenvalue weighted by Crippen LogP contribution is -2.20. The zero-order valence-corrected chi connectivity index (χ0v) is 8.28. The Balaban J connectivity index is 3.59. The molecule has 0 rings (SSSR count). The van der Waals surface area contributed by atoms with Crippen molar-refractivity contribution < 1.29 is 19.4 Å². The van der Waals surface area contributed by atoms with Crippen molar-refractivity contribution in [3.8, 4) is 0 Å². The van der Waals surface area contributed by atoms with Crippen LogP contribution < -0.4 is 0 Å². The molecule has 1 N–H and O–H groups in total. The quantitative estimate of drug-likeness (QED) is 0.381. The second kappa shape index (κ2) is 7.86. The van der Waals surface area contributed by atoms with Gasteiger partial charge < -0.3 is 14.6 Å². The summed E-state index contributed by atoms with van der Waals surface area (Å²) in [5, 5.41) is 8.36. The summed E-state index contributed by atoms with van der Waals surface area (Å²) in [7, 11) is 0. The Morgan fingerprint density at radius 2 is 2.08 bits per heavy atom. The maximum absolute atomic E-state index is 10.2. The number of carboxylic acid groups (broad SMARTS) is 1. The average molecular weight is 190 g/mol. The van der Waals surface area contributed by atoms with E-state index in [9.17, 15) is 4.79 Å². The molecule has 0 saturated carbocycles. The van der Waals surface area contributed by atoms with Gasteiger partial charge in [-0.05, 0) is 6.42 Å². The van der Waals surface area contributed by atoms with Gasteiger partial charge in [0.1, 0.15) is 0 Å². The van der Waals surface area contributed by atoms with Gasteiger partial charge in [-0.25, -0.2) is 4.79 Å². The topological polar surface area (TPSA) is 55.8 Å². The molecule has 0 saturated heterocycles. The Hall–Kier alpha value is -0.770. The van der Waals surface area contributed by atoms with E-state index in [1.807, 2.05) is 6.92 Å². The van der Waals surface area contributed by atoms with Gasteiger partial charge in [0.05, 0.1) is 6.61 Å². The van der Waals surface area contributed by atoms with Crippen LogP contribution in [0.25, 0.3) is 0 Å². The van der Waals surface area contributed by atoms with Crippen molar-refractivity contribution >= 4 is 6.16 Å². The fourth-order valence-corrected chi connectivity index (χ4v) is 0.884. The molecule has 1 atom stereocenters. The number of rotatable bonds is 7. The van der Waals surface area contributed by atoms with Crippen LogP contribution in [0.2, 0.25) is 0 Å². The number of unbranched alkanes of at least 4 members (excludes halogenated alkanes) is 1. The van der Waals surface area contributed by atoms with Gasteiger partial charge in [-0.15, -0.1) is 0 Å². The molecule has 4 heteroatoms. The van der Waals surface area contributed by atoms with Crippen LogP contribution in [0.3, 0.4) is 0 Å². The lowest BCUT2D eigenvalue weighted by Gasteiger charge is -2.15. The SMILES string of the molecule is CCCCOC(CCC)OC(=O)O.